The lowest BCUT2D eigenvalue weighted by atomic mass is 9.88. The molecule has 4 atom stereocenters. The Kier molecular flexibility index (Phi) is 13.8. The first-order valence-electron chi connectivity index (χ1n) is 12.7. The van der Waals surface area contributed by atoms with Gasteiger partial charge >= 0.3 is 12.2 Å². The number of unbranched alkanes of at least 4 members (excludes halogenated alkanes) is 3. The normalized spacial score (nSPS) is 16.4. The maximum atomic E-state index is 12.3. The molecule has 200 valence electrons. The molecule has 0 aromatic carbocycles. The molecule has 7 heteroatoms. The first-order chi connectivity index (χ1) is 15.5. The summed E-state index contributed by atoms with van der Waals surface area (Å²) in [6.07, 6.45) is 4.33. The van der Waals surface area contributed by atoms with Crippen LogP contribution in [0.3, 0.4) is 0 Å². The second-order valence-electron chi connectivity index (χ2n) is 11.6. The number of rotatable bonds is 12. The summed E-state index contributed by atoms with van der Waals surface area (Å²) < 4.78 is 16.4. The minimum atomic E-state index is -0.843. The standard InChI is InChI=1S/C27H51NO6/c1-12-13-14-15-16-21(32-25(31)34-27(9,10)11)19(4)17-20(5)23(29)22(18(2)3)28-24(30)33-26(6,7)8/h17-18,20-23,29H,12-16H2,1-11H3,(H,28,30)/b19-17+/t20-,21?,22+,23-/m1/s1. The molecule has 0 fully saturated rings. The number of hydrogen-bond acceptors (Lipinski definition) is 6. The van der Waals surface area contributed by atoms with Gasteiger partial charge in [0.05, 0.1) is 12.1 Å². The molecule has 0 spiro atoms. The van der Waals surface area contributed by atoms with Crippen LogP contribution in [-0.4, -0.2) is 46.8 Å². The van der Waals surface area contributed by atoms with E-state index in [9.17, 15) is 14.7 Å². The van der Waals surface area contributed by atoms with Gasteiger partial charge in [-0.1, -0.05) is 53.0 Å². The molecule has 0 saturated carbocycles. The van der Waals surface area contributed by atoms with Gasteiger partial charge in [0.25, 0.3) is 0 Å². The Hall–Kier alpha value is -1.76. The van der Waals surface area contributed by atoms with Crippen molar-refractivity contribution >= 4 is 12.2 Å². The van der Waals surface area contributed by atoms with Crippen LogP contribution in [-0.2, 0) is 14.2 Å². The van der Waals surface area contributed by atoms with Crippen LogP contribution in [0, 0.1) is 11.8 Å². The fraction of sp³-hybridized carbons (Fsp3) is 0.852. The average Bonchev–Trinajstić information content (AvgIpc) is 2.64. The third-order valence-corrected chi connectivity index (χ3v) is 5.29. The summed E-state index contributed by atoms with van der Waals surface area (Å²) in [6.45, 7) is 20.6. The van der Waals surface area contributed by atoms with Crippen molar-refractivity contribution in [1.82, 2.24) is 5.32 Å². The van der Waals surface area contributed by atoms with Crippen molar-refractivity contribution in [2.75, 3.05) is 0 Å². The summed E-state index contributed by atoms with van der Waals surface area (Å²) in [6, 6.07) is -0.497. The van der Waals surface area contributed by atoms with E-state index in [1.54, 1.807) is 41.5 Å². The van der Waals surface area contributed by atoms with E-state index in [0.29, 0.717) is 6.42 Å². The average molecular weight is 486 g/mol. The highest BCUT2D eigenvalue weighted by Crippen LogP contribution is 2.23. The van der Waals surface area contributed by atoms with Gasteiger partial charge in [-0.2, -0.15) is 0 Å². The van der Waals surface area contributed by atoms with Crippen molar-refractivity contribution in [2.45, 2.75) is 138 Å². The lowest BCUT2D eigenvalue weighted by Crippen LogP contribution is -2.50. The van der Waals surface area contributed by atoms with Gasteiger partial charge < -0.3 is 24.6 Å². The Morgan fingerprint density at radius 1 is 0.941 bits per heavy atom. The van der Waals surface area contributed by atoms with Crippen LogP contribution in [0.1, 0.15) is 108 Å². The molecule has 0 aliphatic rings. The van der Waals surface area contributed by atoms with Gasteiger partial charge in [0, 0.05) is 5.92 Å². The molecule has 2 N–H and O–H groups in total. The molecule has 7 nitrogen and oxygen atoms in total. The fourth-order valence-corrected chi connectivity index (χ4v) is 3.56. The number of hydrogen-bond donors (Lipinski definition) is 2. The van der Waals surface area contributed by atoms with Crippen LogP contribution in [0.5, 0.6) is 0 Å². The lowest BCUT2D eigenvalue weighted by Gasteiger charge is -2.32. The highest BCUT2D eigenvalue weighted by atomic mass is 16.7. The van der Waals surface area contributed by atoms with Gasteiger partial charge in [0.1, 0.15) is 17.3 Å². The molecule has 0 radical (unpaired) electrons. The SMILES string of the molecule is CCCCCCC(OC(=O)OC(C)(C)C)/C(C)=C/[C@@H](C)[C@@H](O)[C@@H](NC(=O)OC(C)(C)C)C(C)C. The van der Waals surface area contributed by atoms with Crippen molar-refractivity contribution in [3.63, 3.8) is 0 Å². The Morgan fingerprint density at radius 3 is 1.97 bits per heavy atom. The zero-order chi connectivity index (χ0) is 26.7. The van der Waals surface area contributed by atoms with Gasteiger partial charge in [0.2, 0.25) is 0 Å². The summed E-state index contributed by atoms with van der Waals surface area (Å²) in [4.78, 5) is 24.6. The molecule has 0 aromatic heterocycles. The van der Waals surface area contributed by atoms with Crippen LogP contribution in [0.2, 0.25) is 0 Å². The predicted octanol–water partition coefficient (Wildman–Crippen LogP) is 6.77. The van der Waals surface area contributed by atoms with Crippen LogP contribution < -0.4 is 5.32 Å². The molecule has 0 aliphatic heterocycles. The Morgan fingerprint density at radius 2 is 1.50 bits per heavy atom. The highest BCUT2D eigenvalue weighted by Gasteiger charge is 2.31. The van der Waals surface area contributed by atoms with Crippen molar-refractivity contribution in [3.8, 4) is 0 Å². The van der Waals surface area contributed by atoms with E-state index in [4.69, 9.17) is 14.2 Å². The quantitative estimate of drug-likeness (QED) is 0.180. The van der Waals surface area contributed by atoms with E-state index in [0.717, 1.165) is 31.3 Å². The summed E-state index contributed by atoms with van der Waals surface area (Å²) in [5.41, 5.74) is -0.403. The molecule has 0 aromatic rings. The molecule has 0 rings (SSSR count). The number of nitrogens with one attached hydrogen (secondary N) is 1. The highest BCUT2D eigenvalue weighted by molar-refractivity contribution is 5.68. The molecule has 0 saturated heterocycles. The predicted molar refractivity (Wildman–Crippen MR) is 137 cm³/mol. The third-order valence-electron chi connectivity index (χ3n) is 5.29. The fourth-order valence-electron chi connectivity index (χ4n) is 3.56. The number of carbonyl (C=O) groups excluding carboxylic acids is 2. The monoisotopic (exact) mass is 485 g/mol. The van der Waals surface area contributed by atoms with Crippen LogP contribution in [0.25, 0.3) is 0 Å². The summed E-state index contributed by atoms with van der Waals surface area (Å²) in [5, 5.41) is 13.9. The van der Waals surface area contributed by atoms with E-state index in [2.05, 4.69) is 12.2 Å². The summed E-state index contributed by atoms with van der Waals surface area (Å²) in [7, 11) is 0. The zero-order valence-corrected chi connectivity index (χ0v) is 23.5. The summed E-state index contributed by atoms with van der Waals surface area (Å²) in [5.74, 6) is -0.302. The van der Waals surface area contributed by atoms with Gasteiger partial charge in [0.15, 0.2) is 0 Å². The van der Waals surface area contributed by atoms with Crippen molar-refractivity contribution in [3.05, 3.63) is 11.6 Å². The molecular formula is C27H51NO6. The Bertz CT molecular complexity index is 644. The number of aliphatic hydroxyl groups excluding tert-OH is 1. The largest absolute Gasteiger partial charge is 0.509 e. The molecule has 0 bridgehead atoms. The number of ether oxygens (including phenoxy) is 3. The van der Waals surface area contributed by atoms with Crippen molar-refractivity contribution in [2.24, 2.45) is 11.8 Å². The van der Waals surface area contributed by atoms with Gasteiger partial charge in [-0.05, 0) is 72.8 Å². The Labute approximate surface area is 208 Å². The van der Waals surface area contributed by atoms with E-state index in [1.807, 2.05) is 33.8 Å². The maximum absolute atomic E-state index is 12.3. The van der Waals surface area contributed by atoms with Crippen LogP contribution in [0.15, 0.2) is 11.6 Å². The molecule has 1 unspecified atom stereocenters. The number of carbonyl (C=O) groups is 2. The van der Waals surface area contributed by atoms with Crippen molar-refractivity contribution in [1.29, 1.82) is 0 Å². The number of alkyl carbamates (subject to hydrolysis) is 1. The molecule has 34 heavy (non-hydrogen) atoms. The minimum absolute atomic E-state index is 0.0125. The zero-order valence-electron chi connectivity index (χ0n) is 23.5. The molecular weight excluding hydrogens is 434 g/mol. The third kappa shape index (κ3) is 14.5. The van der Waals surface area contributed by atoms with Gasteiger partial charge in [-0.25, -0.2) is 9.59 Å². The van der Waals surface area contributed by atoms with E-state index in [-0.39, 0.29) is 11.8 Å². The van der Waals surface area contributed by atoms with E-state index < -0.39 is 41.7 Å². The second-order valence-corrected chi connectivity index (χ2v) is 11.6. The first kappa shape index (κ1) is 32.2. The van der Waals surface area contributed by atoms with Crippen LogP contribution in [0.4, 0.5) is 9.59 Å². The molecule has 0 heterocycles. The molecule has 1 amide bonds. The second kappa shape index (κ2) is 14.6. The number of amides is 1. The Balaban J connectivity index is 5.47. The van der Waals surface area contributed by atoms with Crippen LogP contribution >= 0.6 is 0 Å². The summed E-state index contributed by atoms with van der Waals surface area (Å²) >= 11 is 0. The topological polar surface area (TPSA) is 94.1 Å². The number of aliphatic hydroxyl groups is 1. The first-order valence-corrected chi connectivity index (χ1v) is 12.7. The maximum Gasteiger partial charge on any atom is 0.509 e. The lowest BCUT2D eigenvalue weighted by molar-refractivity contribution is -0.0220. The minimum Gasteiger partial charge on any atom is -0.444 e. The van der Waals surface area contributed by atoms with E-state index in [1.165, 1.54) is 0 Å². The van der Waals surface area contributed by atoms with Crippen molar-refractivity contribution < 1.29 is 28.9 Å². The molecule has 0 aliphatic carbocycles. The van der Waals surface area contributed by atoms with Gasteiger partial charge in [-0.3, -0.25) is 0 Å². The van der Waals surface area contributed by atoms with E-state index >= 15 is 0 Å². The van der Waals surface area contributed by atoms with Gasteiger partial charge in [-0.15, -0.1) is 0 Å². The smallest absolute Gasteiger partial charge is 0.444 e.